The van der Waals surface area contributed by atoms with Crippen LogP contribution in [-0.2, 0) is 23.7 Å². The highest BCUT2D eigenvalue weighted by molar-refractivity contribution is 5.76. The molecule has 0 bridgehead atoms. The van der Waals surface area contributed by atoms with Gasteiger partial charge in [-0.3, -0.25) is 4.79 Å². The van der Waals surface area contributed by atoms with Crippen molar-refractivity contribution in [2.24, 2.45) is 0 Å². The predicted molar refractivity (Wildman–Crippen MR) is 391 cm³/mol. The average Bonchev–Trinajstić information content (AvgIpc) is 0.801. The number of carbonyl (C=O) groups excluding carboxylic acids is 1. The number of hydrogen-bond acceptors (Lipinski definition) is 13. The smallest absolute Gasteiger partial charge is 0.220 e. The van der Waals surface area contributed by atoms with Crippen molar-refractivity contribution >= 4 is 5.91 Å². The lowest BCUT2D eigenvalue weighted by atomic mass is 9.97. The number of nitrogens with one attached hydrogen (secondary N) is 1. The van der Waals surface area contributed by atoms with Crippen molar-refractivity contribution in [1.82, 2.24) is 5.32 Å². The predicted octanol–water partition coefficient (Wildman–Crippen LogP) is 16.0. The molecule has 14 nitrogen and oxygen atoms in total. The first-order valence-corrected chi connectivity index (χ1v) is 36.9. The van der Waals surface area contributed by atoms with Gasteiger partial charge in [-0.15, -0.1) is 0 Å². The summed E-state index contributed by atoms with van der Waals surface area (Å²) in [7, 11) is 0. The van der Waals surface area contributed by atoms with E-state index >= 15 is 0 Å². The fraction of sp³-hybridized carbons (Fsp3) is 0.642. The second-order valence-electron chi connectivity index (χ2n) is 25.0. The Morgan fingerprint density at radius 3 is 1.16 bits per heavy atom. The summed E-state index contributed by atoms with van der Waals surface area (Å²) in [6, 6.07) is -0.963. The molecule has 2 aliphatic rings. The van der Waals surface area contributed by atoms with Gasteiger partial charge in [0.1, 0.15) is 48.8 Å². The third kappa shape index (κ3) is 46.3. The van der Waals surface area contributed by atoms with Gasteiger partial charge in [0.15, 0.2) is 12.6 Å². The Kier molecular flexibility index (Phi) is 57.2. The van der Waals surface area contributed by atoms with E-state index in [-0.39, 0.29) is 18.9 Å². The van der Waals surface area contributed by atoms with Crippen molar-refractivity contribution in [2.75, 3.05) is 19.8 Å². The lowest BCUT2D eigenvalue weighted by Gasteiger charge is -2.46. The van der Waals surface area contributed by atoms with E-state index in [0.717, 1.165) is 128 Å². The van der Waals surface area contributed by atoms with E-state index in [9.17, 15) is 45.6 Å². The summed E-state index contributed by atoms with van der Waals surface area (Å²) in [4.78, 5) is 13.3. The minimum atomic E-state index is -1.80. The van der Waals surface area contributed by atoms with Gasteiger partial charge in [0, 0.05) is 6.42 Å². The van der Waals surface area contributed by atoms with Gasteiger partial charge < -0.3 is 65.1 Å². The van der Waals surface area contributed by atoms with Crippen LogP contribution < -0.4 is 5.32 Å². The monoisotopic (exact) mass is 1330 g/mol. The molecule has 14 heteroatoms. The molecule has 538 valence electrons. The normalized spacial score (nSPS) is 23.4. The first-order valence-electron chi connectivity index (χ1n) is 36.9. The zero-order chi connectivity index (χ0) is 68.7. The Balaban J connectivity index is 1.69. The second kappa shape index (κ2) is 62.8. The summed E-state index contributed by atoms with van der Waals surface area (Å²) in [5, 5.41) is 87.4. The van der Waals surface area contributed by atoms with E-state index < -0.39 is 86.8 Å². The van der Waals surface area contributed by atoms with Crippen molar-refractivity contribution in [3.63, 3.8) is 0 Å². The Labute approximate surface area is 575 Å². The molecule has 0 aromatic heterocycles. The van der Waals surface area contributed by atoms with E-state index in [1.54, 1.807) is 6.08 Å². The molecule has 2 rings (SSSR count). The van der Waals surface area contributed by atoms with Crippen LogP contribution in [0.4, 0.5) is 0 Å². The molecule has 2 fully saturated rings. The highest BCUT2D eigenvalue weighted by Gasteiger charge is 2.51. The van der Waals surface area contributed by atoms with E-state index in [0.29, 0.717) is 12.8 Å². The third-order valence-electron chi connectivity index (χ3n) is 16.6. The standard InChI is InChI=1S/C81H131NO13/c1-3-5-7-9-11-13-15-17-19-21-23-25-27-28-29-30-31-32-33-34-35-36-37-38-39-40-41-42-43-45-47-49-51-53-55-57-59-61-63-65-73(86)82-69(68-92-80-78(91)76(89)79(72(67-84)94-80)95-81-77(90)75(88)74(87)71(66-83)93-81)70(85)64-62-60-58-56-54-52-50-48-46-44-26-24-22-20-18-16-14-12-10-8-6-4-2/h5,7,11,13,17,19,23,25,28-29,31-32,34-35,37-38,40-41,43,45-46,48-49,51,54,56,62,64,69-72,74-81,83-85,87-91H,3-4,6,8-10,12,14-16,18,20-22,24,26-27,30,33,36,39,42,44,47,50,52-53,55,57-61,63,65-68H2,1-2H3,(H,82,86)/b7-5-,13-11-,19-17-,25-23-,29-28-,32-31-,35-34-,38-37-,41-40-,45-43-,48-46+,51-49-,56-54+,64-62+. The molecule has 0 aliphatic carbocycles. The molecular weight excluding hydrogens is 1190 g/mol. The maximum atomic E-state index is 13.3. The van der Waals surface area contributed by atoms with Gasteiger partial charge >= 0.3 is 0 Å². The molecular formula is C81H131NO13. The molecule has 0 spiro atoms. The molecule has 2 aliphatic heterocycles. The van der Waals surface area contributed by atoms with Gasteiger partial charge in [0.2, 0.25) is 5.91 Å². The van der Waals surface area contributed by atoms with Crippen molar-refractivity contribution in [1.29, 1.82) is 0 Å². The largest absolute Gasteiger partial charge is 0.394 e. The summed E-state index contributed by atoms with van der Waals surface area (Å²) >= 11 is 0. The fourth-order valence-corrected chi connectivity index (χ4v) is 10.8. The fourth-order valence-electron chi connectivity index (χ4n) is 10.8. The number of amides is 1. The Morgan fingerprint density at radius 2 is 0.737 bits per heavy atom. The molecule has 0 radical (unpaired) electrons. The first kappa shape index (κ1) is 86.4. The Hall–Kier alpha value is -4.65. The van der Waals surface area contributed by atoms with Gasteiger partial charge in [0.05, 0.1) is 32.0 Å². The number of allylic oxidation sites excluding steroid dienone is 27. The summed E-state index contributed by atoms with van der Waals surface area (Å²) in [6.07, 6.45) is 81.2. The minimum absolute atomic E-state index is 0.236. The quantitative estimate of drug-likeness (QED) is 0.0204. The van der Waals surface area contributed by atoms with Gasteiger partial charge in [-0.2, -0.15) is 0 Å². The number of aliphatic hydroxyl groups is 8. The molecule has 9 N–H and O–H groups in total. The first-order chi connectivity index (χ1) is 46.6. The molecule has 12 atom stereocenters. The highest BCUT2D eigenvalue weighted by Crippen LogP contribution is 2.30. The zero-order valence-electron chi connectivity index (χ0n) is 58.6. The van der Waals surface area contributed by atoms with Crippen molar-refractivity contribution in [2.45, 2.75) is 312 Å². The summed E-state index contributed by atoms with van der Waals surface area (Å²) in [6.45, 7) is 2.64. The van der Waals surface area contributed by atoms with Gasteiger partial charge in [-0.25, -0.2) is 0 Å². The molecule has 1 amide bonds. The van der Waals surface area contributed by atoms with Crippen molar-refractivity contribution in [3.8, 4) is 0 Å². The van der Waals surface area contributed by atoms with Crippen LogP contribution in [-0.4, -0.2) is 140 Å². The van der Waals surface area contributed by atoms with Crippen LogP contribution in [0.25, 0.3) is 0 Å². The molecule has 12 unspecified atom stereocenters. The second-order valence-corrected chi connectivity index (χ2v) is 25.0. The number of unbranched alkanes of at least 4 members (excludes halogenated alkanes) is 19. The summed E-state index contributed by atoms with van der Waals surface area (Å²) in [5.74, 6) is -0.279. The number of ether oxygens (including phenoxy) is 4. The van der Waals surface area contributed by atoms with Crippen LogP contribution >= 0.6 is 0 Å². The molecule has 2 heterocycles. The van der Waals surface area contributed by atoms with Gasteiger partial charge in [-0.05, 0) is 128 Å². The number of aliphatic hydroxyl groups excluding tert-OH is 8. The van der Waals surface area contributed by atoms with Crippen LogP contribution in [0.5, 0.6) is 0 Å². The Morgan fingerprint density at radius 1 is 0.389 bits per heavy atom. The average molecular weight is 1330 g/mol. The molecule has 2 saturated heterocycles. The molecule has 0 aromatic carbocycles. The molecule has 95 heavy (non-hydrogen) atoms. The third-order valence-corrected chi connectivity index (χ3v) is 16.6. The lowest BCUT2D eigenvalue weighted by Crippen LogP contribution is -2.65. The molecule has 0 aromatic rings. The number of hydrogen-bond donors (Lipinski definition) is 9. The molecule has 0 saturated carbocycles. The van der Waals surface area contributed by atoms with Crippen molar-refractivity contribution in [3.05, 3.63) is 170 Å². The van der Waals surface area contributed by atoms with Crippen LogP contribution in [0.1, 0.15) is 239 Å². The maximum absolute atomic E-state index is 13.3. The summed E-state index contributed by atoms with van der Waals surface area (Å²) < 4.78 is 22.8. The van der Waals surface area contributed by atoms with Gasteiger partial charge in [-0.1, -0.05) is 274 Å². The van der Waals surface area contributed by atoms with Crippen LogP contribution in [0.15, 0.2) is 170 Å². The number of carbonyl (C=O) groups is 1. The highest BCUT2D eigenvalue weighted by atomic mass is 16.7. The van der Waals surface area contributed by atoms with E-state index in [4.69, 9.17) is 18.9 Å². The summed E-state index contributed by atoms with van der Waals surface area (Å²) in [5.41, 5.74) is 0. The van der Waals surface area contributed by atoms with E-state index in [1.807, 2.05) is 6.08 Å². The van der Waals surface area contributed by atoms with Gasteiger partial charge in [0.25, 0.3) is 0 Å². The Bertz CT molecular complexity index is 2250. The maximum Gasteiger partial charge on any atom is 0.220 e. The van der Waals surface area contributed by atoms with Crippen molar-refractivity contribution < 1.29 is 64.6 Å². The topological polar surface area (TPSA) is 228 Å². The minimum Gasteiger partial charge on any atom is -0.394 e. The van der Waals surface area contributed by atoms with Crippen LogP contribution in [0.3, 0.4) is 0 Å². The SMILES string of the molecule is CC/C=C\C/C=C\C/C=C\C/C=C\C/C=C\C/C=C\C/C=C\C/C=C\C/C=C\C/C=C\C/C=C\CCCCCCCC(=O)NC(COC1OC(CO)C(OC2OC(CO)C(O)C(O)C2O)C(O)C1O)C(O)/C=C/CC/C=C/CC/C=C/CCCCCCCCCCCCCC. The zero-order valence-corrected chi connectivity index (χ0v) is 58.6. The number of rotatable bonds is 58. The lowest BCUT2D eigenvalue weighted by molar-refractivity contribution is -0.359. The van der Waals surface area contributed by atoms with E-state index in [2.05, 4.69) is 177 Å². The van der Waals surface area contributed by atoms with Crippen LogP contribution in [0, 0.1) is 0 Å². The van der Waals surface area contributed by atoms with E-state index in [1.165, 1.54) is 77.0 Å². The van der Waals surface area contributed by atoms with Crippen LogP contribution in [0.2, 0.25) is 0 Å².